The van der Waals surface area contributed by atoms with Gasteiger partial charge in [0.15, 0.2) is 0 Å². The van der Waals surface area contributed by atoms with E-state index < -0.39 is 6.61 Å². The number of rotatable bonds is 8. The number of halogens is 2. The summed E-state index contributed by atoms with van der Waals surface area (Å²) in [5.74, 6) is -0.308. The molecule has 1 amide bonds. The van der Waals surface area contributed by atoms with Gasteiger partial charge in [-0.15, -0.1) is 0 Å². The Morgan fingerprint density at radius 3 is 2.54 bits per heavy atom. The number of hydrogen-bond acceptors (Lipinski definition) is 3. The summed E-state index contributed by atoms with van der Waals surface area (Å²) in [4.78, 5) is 14.3. The summed E-state index contributed by atoms with van der Waals surface area (Å²) in [5, 5.41) is 0. The van der Waals surface area contributed by atoms with E-state index >= 15 is 0 Å². The lowest BCUT2D eigenvalue weighted by molar-refractivity contribution is -0.0499. The predicted molar refractivity (Wildman–Crippen MR) is 86.1 cm³/mol. The summed E-state index contributed by atoms with van der Waals surface area (Å²) in [6.45, 7) is -1.75. The van der Waals surface area contributed by atoms with Crippen molar-refractivity contribution in [2.75, 3.05) is 20.3 Å². The lowest BCUT2D eigenvalue weighted by atomic mass is 10.1. The van der Waals surface area contributed by atoms with Gasteiger partial charge in [0.2, 0.25) is 0 Å². The molecule has 0 bridgehead atoms. The van der Waals surface area contributed by atoms with Crippen LogP contribution in [0.1, 0.15) is 15.9 Å². The average Bonchev–Trinajstić information content (AvgIpc) is 2.58. The molecule has 0 unspecified atom stereocenters. The number of amides is 1. The standard InChI is InChI=1S/C18H19F2NO3/c1-23-11-10-21(13-14-6-3-2-4-7-14)17(22)15-8-5-9-16(12-15)24-18(19)20/h2-9,12,18H,10-11,13H2,1H3. The van der Waals surface area contributed by atoms with E-state index in [1.165, 1.54) is 18.2 Å². The zero-order valence-corrected chi connectivity index (χ0v) is 13.3. The number of nitrogens with zero attached hydrogens (tertiary/aromatic N) is 1. The van der Waals surface area contributed by atoms with Crippen LogP contribution in [0.2, 0.25) is 0 Å². The Labute approximate surface area is 139 Å². The monoisotopic (exact) mass is 335 g/mol. The van der Waals surface area contributed by atoms with Gasteiger partial charge in [-0.1, -0.05) is 36.4 Å². The second-order valence-corrected chi connectivity index (χ2v) is 5.11. The molecule has 0 atom stereocenters. The third kappa shape index (κ3) is 5.31. The van der Waals surface area contributed by atoms with Crippen LogP contribution in [0, 0.1) is 0 Å². The van der Waals surface area contributed by atoms with Crippen molar-refractivity contribution in [1.29, 1.82) is 0 Å². The third-order valence-corrected chi connectivity index (χ3v) is 3.37. The lowest BCUT2D eigenvalue weighted by Crippen LogP contribution is -2.33. The molecule has 6 heteroatoms. The van der Waals surface area contributed by atoms with Crippen LogP contribution in [-0.4, -0.2) is 37.7 Å². The van der Waals surface area contributed by atoms with Crippen LogP contribution in [0.15, 0.2) is 54.6 Å². The Bertz CT molecular complexity index is 650. The Hall–Kier alpha value is -2.47. The zero-order valence-electron chi connectivity index (χ0n) is 13.3. The summed E-state index contributed by atoms with van der Waals surface area (Å²) >= 11 is 0. The van der Waals surface area contributed by atoms with E-state index in [0.29, 0.717) is 25.3 Å². The maximum atomic E-state index is 12.7. The van der Waals surface area contributed by atoms with Crippen LogP contribution in [0.4, 0.5) is 8.78 Å². The molecule has 4 nitrogen and oxygen atoms in total. The van der Waals surface area contributed by atoms with Crippen molar-refractivity contribution in [3.05, 3.63) is 65.7 Å². The van der Waals surface area contributed by atoms with Crippen LogP contribution in [-0.2, 0) is 11.3 Å². The largest absolute Gasteiger partial charge is 0.435 e. The summed E-state index contributed by atoms with van der Waals surface area (Å²) in [7, 11) is 1.56. The van der Waals surface area contributed by atoms with Gasteiger partial charge < -0.3 is 14.4 Å². The van der Waals surface area contributed by atoms with Gasteiger partial charge in [0.05, 0.1) is 6.61 Å². The lowest BCUT2D eigenvalue weighted by Gasteiger charge is -2.23. The van der Waals surface area contributed by atoms with E-state index in [1.54, 1.807) is 18.1 Å². The molecule has 0 radical (unpaired) electrons. The van der Waals surface area contributed by atoms with E-state index in [0.717, 1.165) is 5.56 Å². The smallest absolute Gasteiger partial charge is 0.387 e. The SMILES string of the molecule is COCCN(Cc1ccccc1)C(=O)c1cccc(OC(F)F)c1. The molecule has 0 fully saturated rings. The number of hydrogen-bond donors (Lipinski definition) is 0. The van der Waals surface area contributed by atoms with Gasteiger partial charge in [-0.05, 0) is 23.8 Å². The molecule has 0 aliphatic rings. The molecule has 0 aliphatic heterocycles. The second kappa shape index (κ2) is 8.98. The molecule has 2 aromatic carbocycles. The average molecular weight is 335 g/mol. The minimum atomic E-state index is -2.93. The molecule has 0 spiro atoms. The van der Waals surface area contributed by atoms with Crippen LogP contribution < -0.4 is 4.74 Å². The minimum Gasteiger partial charge on any atom is -0.435 e. The number of alkyl halides is 2. The molecule has 2 aromatic rings. The molecule has 2 rings (SSSR count). The summed E-state index contributed by atoms with van der Waals surface area (Å²) in [5.41, 5.74) is 1.27. The van der Waals surface area contributed by atoms with Gasteiger partial charge in [0.1, 0.15) is 5.75 Å². The van der Waals surface area contributed by atoms with E-state index in [-0.39, 0.29) is 11.7 Å². The molecule has 0 saturated carbocycles. The van der Waals surface area contributed by atoms with Crippen molar-refractivity contribution >= 4 is 5.91 Å². The fourth-order valence-corrected chi connectivity index (χ4v) is 2.25. The molecule has 128 valence electrons. The molecule has 0 N–H and O–H groups in total. The van der Waals surface area contributed by atoms with Gasteiger partial charge in [-0.2, -0.15) is 8.78 Å². The molecule has 0 saturated heterocycles. The fourth-order valence-electron chi connectivity index (χ4n) is 2.25. The summed E-state index contributed by atoms with van der Waals surface area (Å²) < 4.78 is 34.1. The maximum Gasteiger partial charge on any atom is 0.387 e. The molecule has 0 aliphatic carbocycles. The van der Waals surface area contributed by atoms with Crippen LogP contribution in [0.5, 0.6) is 5.75 Å². The molecule has 0 heterocycles. The Kier molecular flexibility index (Phi) is 6.69. The molecule has 24 heavy (non-hydrogen) atoms. The predicted octanol–water partition coefficient (Wildman–Crippen LogP) is 3.58. The number of methoxy groups -OCH3 is 1. The highest BCUT2D eigenvalue weighted by molar-refractivity contribution is 5.94. The molecule has 0 aromatic heterocycles. The Morgan fingerprint density at radius 1 is 1.12 bits per heavy atom. The van der Waals surface area contributed by atoms with Crippen molar-refractivity contribution in [3.63, 3.8) is 0 Å². The quantitative estimate of drug-likeness (QED) is 0.740. The molecular weight excluding hydrogens is 316 g/mol. The van der Waals surface area contributed by atoms with Crippen molar-refractivity contribution < 1.29 is 23.0 Å². The first-order valence-corrected chi connectivity index (χ1v) is 7.47. The van der Waals surface area contributed by atoms with Crippen molar-refractivity contribution in [1.82, 2.24) is 4.90 Å². The number of ether oxygens (including phenoxy) is 2. The Morgan fingerprint density at radius 2 is 1.88 bits per heavy atom. The van der Waals surface area contributed by atoms with E-state index in [4.69, 9.17) is 4.74 Å². The normalized spacial score (nSPS) is 10.7. The van der Waals surface area contributed by atoms with Gasteiger partial charge in [-0.3, -0.25) is 4.79 Å². The highest BCUT2D eigenvalue weighted by Crippen LogP contribution is 2.18. The summed E-state index contributed by atoms with van der Waals surface area (Å²) in [6.07, 6.45) is 0. The van der Waals surface area contributed by atoms with E-state index in [1.807, 2.05) is 30.3 Å². The zero-order chi connectivity index (χ0) is 17.4. The number of carbonyl (C=O) groups excluding carboxylic acids is 1. The first-order chi connectivity index (χ1) is 11.6. The van der Waals surface area contributed by atoms with Gasteiger partial charge >= 0.3 is 6.61 Å². The maximum absolute atomic E-state index is 12.7. The highest BCUT2D eigenvalue weighted by atomic mass is 19.3. The van der Waals surface area contributed by atoms with E-state index in [2.05, 4.69) is 4.74 Å². The van der Waals surface area contributed by atoms with Gasteiger partial charge in [0.25, 0.3) is 5.91 Å². The first-order valence-electron chi connectivity index (χ1n) is 7.47. The van der Waals surface area contributed by atoms with Crippen LogP contribution in [0.25, 0.3) is 0 Å². The Balaban J connectivity index is 2.17. The van der Waals surface area contributed by atoms with Gasteiger partial charge in [-0.25, -0.2) is 0 Å². The first kappa shape index (κ1) is 17.9. The number of benzene rings is 2. The van der Waals surface area contributed by atoms with E-state index in [9.17, 15) is 13.6 Å². The van der Waals surface area contributed by atoms with Crippen LogP contribution >= 0.6 is 0 Å². The minimum absolute atomic E-state index is 0.0396. The topological polar surface area (TPSA) is 38.8 Å². The van der Waals surface area contributed by atoms with Crippen LogP contribution in [0.3, 0.4) is 0 Å². The summed E-state index contributed by atoms with van der Waals surface area (Å²) in [6, 6.07) is 15.3. The number of carbonyl (C=O) groups is 1. The third-order valence-electron chi connectivity index (χ3n) is 3.37. The van der Waals surface area contributed by atoms with Crippen molar-refractivity contribution in [3.8, 4) is 5.75 Å². The van der Waals surface area contributed by atoms with Gasteiger partial charge in [0, 0.05) is 25.8 Å². The molecular formula is C18H19F2NO3. The highest BCUT2D eigenvalue weighted by Gasteiger charge is 2.17. The second-order valence-electron chi connectivity index (χ2n) is 5.11. The van der Waals surface area contributed by atoms with Crippen molar-refractivity contribution in [2.45, 2.75) is 13.2 Å². The van der Waals surface area contributed by atoms with Crippen molar-refractivity contribution in [2.24, 2.45) is 0 Å². The fraction of sp³-hybridized carbons (Fsp3) is 0.278.